The molecule has 0 fully saturated rings. The molecule has 0 bridgehead atoms. The van der Waals surface area contributed by atoms with E-state index in [9.17, 15) is 0 Å². The summed E-state index contributed by atoms with van der Waals surface area (Å²) in [6, 6.07) is 0. The van der Waals surface area contributed by atoms with Gasteiger partial charge in [0, 0.05) is 0 Å². The fraction of sp³-hybridized carbons (Fsp3) is 1.00. The van der Waals surface area contributed by atoms with Gasteiger partial charge in [0.15, 0.2) is 0 Å². The zero-order valence-corrected chi connectivity index (χ0v) is 7.10. The molecular weight excluding hydrogens is 105 g/mol. The molecule has 42 valence electrons. The molecule has 0 saturated heterocycles. The highest BCUT2D eigenvalue weighted by Gasteiger charge is 2.16. The second-order valence-electron chi connectivity index (χ2n) is 2.44. The van der Waals surface area contributed by atoms with Gasteiger partial charge in [0.25, 0.3) is 0 Å². The Morgan fingerprint density at radius 2 is 1.86 bits per heavy atom. The van der Waals surface area contributed by atoms with Gasteiger partial charge in [-0.25, -0.2) is 0 Å². The highest BCUT2D eigenvalue weighted by Crippen LogP contribution is 2.00. The normalized spacial score (nSPS) is 16.6. The van der Waals surface area contributed by atoms with Crippen LogP contribution in [0.1, 0.15) is 13.8 Å². The van der Waals surface area contributed by atoms with Crippen LogP contribution in [0.3, 0.4) is 0 Å². The molecule has 0 spiro atoms. The fourth-order valence-corrected chi connectivity index (χ4v) is 0. The highest BCUT2D eigenvalue weighted by atomic mass is 27.0. The zero-order valence-electron chi connectivity index (χ0n) is 5.10. The molecule has 7 heavy (non-hydrogen) atoms. The largest absolute Gasteiger partial charge is 0.390 e. The summed E-state index contributed by atoms with van der Waals surface area (Å²) in [6.45, 7) is 3.45. The van der Waals surface area contributed by atoms with Crippen LogP contribution in [-0.4, -0.2) is 31.9 Å². The first-order chi connectivity index (χ1) is 2.94. The minimum Gasteiger partial charge on any atom is -0.390 e. The van der Waals surface area contributed by atoms with Crippen molar-refractivity contribution in [3.63, 3.8) is 0 Å². The molecule has 0 radical (unpaired) electrons. The molecule has 0 rings (SSSR count). The molecule has 0 saturated carbocycles. The molecule has 3 heteroatoms. The van der Waals surface area contributed by atoms with Crippen molar-refractivity contribution in [2.45, 2.75) is 24.4 Å². The second kappa shape index (κ2) is 2.15. The topological polar surface area (TPSA) is 46.2 Å². The van der Waals surface area contributed by atoms with Gasteiger partial charge in [-0.05, 0) is 18.8 Å². The number of nitrogens with two attached hydrogens (primary N) is 1. The van der Waals surface area contributed by atoms with Crippen LogP contribution >= 0.6 is 0 Å². The lowest BCUT2D eigenvalue weighted by molar-refractivity contribution is 0.0769. The van der Waals surface area contributed by atoms with Crippen LogP contribution < -0.4 is 5.73 Å². The Bertz CT molecular complexity index is 57.2. The number of aliphatic hydroxyl groups is 1. The summed E-state index contributed by atoms with van der Waals surface area (Å²) in [6.07, 6.45) is 0. The molecule has 0 aromatic rings. The Morgan fingerprint density at radius 1 is 1.71 bits per heavy atom. The Morgan fingerprint density at radius 3 is 1.86 bits per heavy atom. The van der Waals surface area contributed by atoms with Gasteiger partial charge in [-0.2, -0.15) is 0 Å². The Labute approximate surface area is 52.1 Å². The van der Waals surface area contributed by atoms with E-state index in [1.807, 2.05) is 0 Å². The van der Waals surface area contributed by atoms with Crippen molar-refractivity contribution in [3.8, 4) is 0 Å². The van der Waals surface area contributed by atoms with Crippen molar-refractivity contribution < 1.29 is 5.11 Å². The van der Waals surface area contributed by atoms with E-state index in [2.05, 4.69) is 0 Å². The lowest BCUT2D eigenvalue weighted by atomic mass is 10.1. The fourth-order valence-electron chi connectivity index (χ4n) is 0. The van der Waals surface area contributed by atoms with Gasteiger partial charge in [-0.15, -0.1) is 0 Å². The minimum absolute atomic E-state index is 0.00694. The summed E-state index contributed by atoms with van der Waals surface area (Å²) in [5, 5.41) is 9.00. The van der Waals surface area contributed by atoms with Gasteiger partial charge >= 0.3 is 0 Å². The summed E-state index contributed by atoms with van der Waals surface area (Å²) in [7, 11) is 0. The van der Waals surface area contributed by atoms with Crippen molar-refractivity contribution in [2.24, 2.45) is 5.73 Å². The molecule has 3 N–H and O–H groups in total. The summed E-state index contributed by atoms with van der Waals surface area (Å²) >= 11 is 0.856. The first-order valence-electron chi connectivity index (χ1n) is 2.42. The van der Waals surface area contributed by atoms with E-state index >= 15 is 0 Å². The van der Waals surface area contributed by atoms with Gasteiger partial charge in [0.1, 0.15) is 0 Å². The highest BCUT2D eigenvalue weighted by molar-refractivity contribution is 6.12. The van der Waals surface area contributed by atoms with Crippen LogP contribution in [0, 0.1) is 0 Å². The van der Waals surface area contributed by atoms with Crippen molar-refractivity contribution in [2.75, 3.05) is 0 Å². The quantitative estimate of drug-likeness (QED) is 0.418. The van der Waals surface area contributed by atoms with Crippen LogP contribution in [0.5, 0.6) is 0 Å². The van der Waals surface area contributed by atoms with Crippen molar-refractivity contribution >= 4 is 16.3 Å². The van der Waals surface area contributed by atoms with E-state index in [-0.39, 0.29) is 4.90 Å². The Balaban J connectivity index is 3.54. The SMILES string of the molecule is CC(C)(O)[CH](N)[AlH2]. The van der Waals surface area contributed by atoms with Gasteiger partial charge < -0.3 is 10.8 Å². The summed E-state index contributed by atoms with van der Waals surface area (Å²) in [5.41, 5.74) is 4.72. The maximum Gasteiger partial charge on any atom is 0.243 e. The average Bonchev–Trinajstić information content (AvgIpc) is 1.31. The van der Waals surface area contributed by atoms with Gasteiger partial charge in [0.2, 0.25) is 16.3 Å². The van der Waals surface area contributed by atoms with Crippen molar-refractivity contribution in [1.29, 1.82) is 0 Å². The molecule has 0 aliphatic heterocycles. The lowest BCUT2D eigenvalue weighted by Crippen LogP contribution is -2.43. The smallest absolute Gasteiger partial charge is 0.243 e. The summed E-state index contributed by atoms with van der Waals surface area (Å²) < 4.78 is 0. The van der Waals surface area contributed by atoms with Crippen molar-refractivity contribution in [1.82, 2.24) is 0 Å². The number of rotatable bonds is 1. The molecule has 0 heterocycles. The second-order valence-corrected chi connectivity index (χ2v) is 3.69. The number of hydrogen-bond acceptors (Lipinski definition) is 2. The Kier molecular flexibility index (Phi) is 2.29. The molecule has 0 aromatic carbocycles. The number of hydrogen-bond donors (Lipinski definition) is 2. The van der Waals surface area contributed by atoms with Crippen LogP contribution in [0.2, 0.25) is 0 Å². The van der Waals surface area contributed by atoms with Gasteiger partial charge in [0.05, 0.1) is 5.60 Å². The zero-order chi connectivity index (χ0) is 6.08. The van der Waals surface area contributed by atoms with E-state index in [1.165, 1.54) is 0 Å². The standard InChI is InChI=1S/C4H10NO.Al.2H/c1-4(2,6)3-5;;;/h3,6H,5H2,1-2H3;;;. The maximum absolute atomic E-state index is 9.00. The maximum atomic E-state index is 9.00. The third-order valence-electron chi connectivity index (χ3n) is 1.11. The first kappa shape index (κ1) is 7.45. The molecule has 0 aliphatic carbocycles. The van der Waals surface area contributed by atoms with Crippen LogP contribution in [-0.2, 0) is 0 Å². The molecular formula is C4H12AlNO. The van der Waals surface area contributed by atoms with Crippen LogP contribution in [0.15, 0.2) is 0 Å². The average molecular weight is 117 g/mol. The van der Waals surface area contributed by atoms with Crippen molar-refractivity contribution in [3.05, 3.63) is 0 Å². The molecule has 0 aromatic heterocycles. The summed E-state index contributed by atoms with van der Waals surface area (Å²) in [5.74, 6) is 0. The minimum atomic E-state index is -0.660. The lowest BCUT2D eigenvalue weighted by Gasteiger charge is -2.21. The molecule has 1 atom stereocenters. The Hall–Kier alpha value is 0.452. The van der Waals surface area contributed by atoms with Gasteiger partial charge in [-0.1, -0.05) is 0 Å². The first-order valence-corrected chi connectivity index (χ1v) is 3.58. The predicted octanol–water partition coefficient (Wildman–Crippen LogP) is -1.32. The molecule has 0 amide bonds. The van der Waals surface area contributed by atoms with E-state index < -0.39 is 5.60 Å². The molecule has 2 nitrogen and oxygen atoms in total. The predicted molar refractivity (Wildman–Crippen MR) is 32.8 cm³/mol. The third-order valence-corrected chi connectivity index (χ3v) is 2.53. The van der Waals surface area contributed by atoms with Crippen LogP contribution in [0.25, 0.3) is 0 Å². The van der Waals surface area contributed by atoms with E-state index in [4.69, 9.17) is 10.8 Å². The monoisotopic (exact) mass is 117 g/mol. The van der Waals surface area contributed by atoms with E-state index in [1.54, 1.807) is 13.8 Å². The molecule has 1 unspecified atom stereocenters. The molecule has 0 aliphatic rings. The summed E-state index contributed by atoms with van der Waals surface area (Å²) in [4.78, 5) is -0.00694. The van der Waals surface area contributed by atoms with E-state index in [0.29, 0.717) is 0 Å². The van der Waals surface area contributed by atoms with E-state index in [0.717, 1.165) is 16.3 Å². The third kappa shape index (κ3) is 3.07. The van der Waals surface area contributed by atoms with Crippen LogP contribution in [0.4, 0.5) is 0 Å². The van der Waals surface area contributed by atoms with Gasteiger partial charge in [-0.3, -0.25) is 0 Å².